The lowest BCUT2D eigenvalue weighted by atomic mass is 10.5. The summed E-state index contributed by atoms with van der Waals surface area (Å²) in [4.78, 5) is 13.3. The molecule has 0 aromatic rings. The Labute approximate surface area is 84.0 Å². The fraction of sp³-hybridized carbons (Fsp3) is 0.889. The quantitative estimate of drug-likeness (QED) is 0.645. The van der Waals surface area contributed by atoms with Gasteiger partial charge in [0.25, 0.3) is 0 Å². The van der Waals surface area contributed by atoms with Gasteiger partial charge < -0.3 is 10.6 Å². The molecule has 0 aromatic carbocycles. The van der Waals surface area contributed by atoms with Crippen molar-refractivity contribution in [1.29, 1.82) is 0 Å². The molecule has 1 aliphatic rings. The summed E-state index contributed by atoms with van der Waals surface area (Å²) in [6, 6.07) is 0.544. The molecule has 1 amide bonds. The van der Waals surface area contributed by atoms with Crippen molar-refractivity contribution in [3.05, 3.63) is 0 Å². The Morgan fingerprint density at radius 2 is 2.31 bits per heavy atom. The second-order valence-corrected chi connectivity index (χ2v) is 4.54. The molecule has 0 aliphatic heterocycles. The molecule has 76 valence electrons. The molecule has 0 aromatic heterocycles. The van der Waals surface area contributed by atoms with Crippen molar-refractivity contribution in [2.24, 2.45) is 5.73 Å². The number of rotatable bonds is 6. The van der Waals surface area contributed by atoms with Gasteiger partial charge in [-0.25, -0.2) is 0 Å². The van der Waals surface area contributed by atoms with Gasteiger partial charge in [-0.05, 0) is 31.6 Å². The van der Waals surface area contributed by atoms with Crippen LogP contribution in [0, 0.1) is 0 Å². The average molecular weight is 202 g/mol. The molecular formula is C9H18N2OS. The second kappa shape index (κ2) is 5.50. The first-order valence-corrected chi connectivity index (χ1v) is 5.94. The summed E-state index contributed by atoms with van der Waals surface area (Å²) in [5, 5.41) is 0. The lowest BCUT2D eigenvalue weighted by molar-refractivity contribution is -0.127. The molecule has 3 nitrogen and oxygen atoms in total. The molecule has 0 bridgehead atoms. The van der Waals surface area contributed by atoms with Crippen LogP contribution in [0.15, 0.2) is 0 Å². The zero-order valence-corrected chi connectivity index (χ0v) is 8.98. The van der Waals surface area contributed by atoms with Crippen molar-refractivity contribution in [2.45, 2.75) is 25.3 Å². The fourth-order valence-electron chi connectivity index (χ4n) is 1.11. The van der Waals surface area contributed by atoms with E-state index in [1.807, 2.05) is 11.9 Å². The summed E-state index contributed by atoms with van der Waals surface area (Å²) in [6.45, 7) is 0.722. The van der Waals surface area contributed by atoms with Crippen LogP contribution in [0.3, 0.4) is 0 Å². The Morgan fingerprint density at radius 3 is 2.85 bits per heavy atom. The SMILES string of the molecule is CN(C(=O)CSCCCN)C1CC1. The Hall–Kier alpha value is -0.220. The molecule has 1 rings (SSSR count). The molecule has 0 atom stereocenters. The highest BCUT2D eigenvalue weighted by atomic mass is 32.2. The molecule has 0 spiro atoms. The van der Waals surface area contributed by atoms with Gasteiger partial charge in [0, 0.05) is 13.1 Å². The van der Waals surface area contributed by atoms with Gasteiger partial charge in [-0.1, -0.05) is 0 Å². The Bertz CT molecular complexity index is 171. The van der Waals surface area contributed by atoms with Crippen LogP contribution in [0.5, 0.6) is 0 Å². The largest absolute Gasteiger partial charge is 0.342 e. The van der Waals surface area contributed by atoms with Gasteiger partial charge in [0.15, 0.2) is 0 Å². The molecule has 1 fully saturated rings. The first-order valence-electron chi connectivity index (χ1n) is 4.79. The summed E-state index contributed by atoms with van der Waals surface area (Å²) in [7, 11) is 1.91. The smallest absolute Gasteiger partial charge is 0.232 e. The van der Waals surface area contributed by atoms with Gasteiger partial charge in [0.2, 0.25) is 5.91 Å². The van der Waals surface area contributed by atoms with E-state index >= 15 is 0 Å². The number of carbonyl (C=O) groups excluding carboxylic acids is 1. The van der Waals surface area contributed by atoms with E-state index in [0.717, 1.165) is 18.7 Å². The molecule has 0 radical (unpaired) electrons. The van der Waals surface area contributed by atoms with Crippen LogP contribution in [0.1, 0.15) is 19.3 Å². The minimum atomic E-state index is 0.268. The monoisotopic (exact) mass is 202 g/mol. The van der Waals surface area contributed by atoms with Crippen LogP contribution in [0.25, 0.3) is 0 Å². The zero-order chi connectivity index (χ0) is 9.68. The van der Waals surface area contributed by atoms with Gasteiger partial charge >= 0.3 is 0 Å². The molecule has 2 N–H and O–H groups in total. The van der Waals surface area contributed by atoms with Crippen LogP contribution in [0.4, 0.5) is 0 Å². The number of hydrogen-bond acceptors (Lipinski definition) is 3. The third kappa shape index (κ3) is 4.00. The molecule has 13 heavy (non-hydrogen) atoms. The third-order valence-electron chi connectivity index (χ3n) is 2.21. The lowest BCUT2D eigenvalue weighted by Gasteiger charge is -2.15. The van der Waals surface area contributed by atoms with Crippen LogP contribution in [0.2, 0.25) is 0 Å². The van der Waals surface area contributed by atoms with E-state index in [-0.39, 0.29) is 5.91 Å². The highest BCUT2D eigenvalue weighted by Gasteiger charge is 2.28. The minimum absolute atomic E-state index is 0.268. The summed E-state index contributed by atoms with van der Waals surface area (Å²) < 4.78 is 0. The predicted molar refractivity (Wildman–Crippen MR) is 56.8 cm³/mol. The maximum atomic E-state index is 11.5. The third-order valence-corrected chi connectivity index (χ3v) is 3.23. The van der Waals surface area contributed by atoms with Gasteiger partial charge in [-0.15, -0.1) is 0 Å². The van der Waals surface area contributed by atoms with Gasteiger partial charge in [0.1, 0.15) is 0 Å². The molecule has 1 saturated carbocycles. The maximum absolute atomic E-state index is 11.5. The Balaban J connectivity index is 2.02. The van der Waals surface area contributed by atoms with Gasteiger partial charge in [-0.3, -0.25) is 4.79 Å². The number of hydrogen-bond donors (Lipinski definition) is 1. The fourth-order valence-corrected chi connectivity index (χ4v) is 2.01. The molecule has 0 unspecified atom stereocenters. The normalized spacial score (nSPS) is 15.8. The molecular weight excluding hydrogens is 184 g/mol. The highest BCUT2D eigenvalue weighted by molar-refractivity contribution is 7.99. The van der Waals surface area contributed by atoms with Crippen molar-refractivity contribution in [1.82, 2.24) is 4.90 Å². The second-order valence-electron chi connectivity index (χ2n) is 3.43. The predicted octanol–water partition coefficient (Wildman–Crippen LogP) is 0.689. The number of nitrogens with two attached hydrogens (primary N) is 1. The van der Waals surface area contributed by atoms with E-state index in [0.29, 0.717) is 11.8 Å². The Kier molecular flexibility index (Phi) is 4.59. The van der Waals surface area contributed by atoms with E-state index < -0.39 is 0 Å². The van der Waals surface area contributed by atoms with Crippen LogP contribution < -0.4 is 5.73 Å². The zero-order valence-electron chi connectivity index (χ0n) is 8.16. The van der Waals surface area contributed by atoms with Crippen LogP contribution >= 0.6 is 11.8 Å². The molecule has 1 aliphatic carbocycles. The van der Waals surface area contributed by atoms with Crippen molar-refractivity contribution in [3.63, 3.8) is 0 Å². The molecule has 4 heteroatoms. The standard InChI is InChI=1S/C9H18N2OS/c1-11(8-3-4-8)9(12)7-13-6-2-5-10/h8H,2-7,10H2,1H3. The number of thioether (sulfide) groups is 1. The first-order chi connectivity index (χ1) is 6.25. The molecule has 0 saturated heterocycles. The van der Waals surface area contributed by atoms with E-state index in [9.17, 15) is 4.79 Å². The van der Waals surface area contributed by atoms with E-state index in [4.69, 9.17) is 5.73 Å². The average Bonchev–Trinajstić information content (AvgIpc) is 2.94. The van der Waals surface area contributed by atoms with Crippen molar-refractivity contribution in [2.75, 3.05) is 25.1 Å². The van der Waals surface area contributed by atoms with Crippen LogP contribution in [-0.2, 0) is 4.79 Å². The summed E-state index contributed by atoms with van der Waals surface area (Å²) in [5.74, 6) is 1.89. The van der Waals surface area contributed by atoms with E-state index in [1.54, 1.807) is 11.8 Å². The lowest BCUT2D eigenvalue weighted by Crippen LogP contribution is -2.30. The molecule has 0 heterocycles. The van der Waals surface area contributed by atoms with Crippen molar-refractivity contribution >= 4 is 17.7 Å². The topological polar surface area (TPSA) is 46.3 Å². The van der Waals surface area contributed by atoms with E-state index in [2.05, 4.69) is 0 Å². The van der Waals surface area contributed by atoms with Gasteiger partial charge in [-0.2, -0.15) is 11.8 Å². The van der Waals surface area contributed by atoms with Gasteiger partial charge in [0.05, 0.1) is 5.75 Å². The Morgan fingerprint density at radius 1 is 1.62 bits per heavy atom. The summed E-state index contributed by atoms with van der Waals surface area (Å²) in [6.07, 6.45) is 3.39. The maximum Gasteiger partial charge on any atom is 0.232 e. The van der Waals surface area contributed by atoms with Crippen molar-refractivity contribution < 1.29 is 4.79 Å². The first kappa shape index (κ1) is 10.9. The minimum Gasteiger partial charge on any atom is -0.342 e. The number of carbonyl (C=O) groups is 1. The number of nitrogens with zero attached hydrogens (tertiary/aromatic N) is 1. The van der Waals surface area contributed by atoms with E-state index in [1.165, 1.54) is 12.8 Å². The van der Waals surface area contributed by atoms with Crippen LogP contribution in [-0.4, -0.2) is 41.9 Å². The summed E-state index contributed by atoms with van der Waals surface area (Å²) in [5.41, 5.74) is 5.35. The summed E-state index contributed by atoms with van der Waals surface area (Å²) >= 11 is 1.69. The van der Waals surface area contributed by atoms with Crippen molar-refractivity contribution in [3.8, 4) is 0 Å². The number of amides is 1. The highest BCUT2D eigenvalue weighted by Crippen LogP contribution is 2.25.